The van der Waals surface area contributed by atoms with Crippen LogP contribution in [0.1, 0.15) is 11.3 Å². The molecule has 7 heteroatoms. The number of hydrogen-bond donors (Lipinski definition) is 1. The van der Waals surface area contributed by atoms with Crippen molar-refractivity contribution in [2.24, 2.45) is 0 Å². The van der Waals surface area contributed by atoms with E-state index >= 15 is 0 Å². The molecule has 0 saturated carbocycles. The summed E-state index contributed by atoms with van der Waals surface area (Å²) in [4.78, 5) is 17.1. The second-order valence-corrected chi connectivity index (χ2v) is 8.09. The number of nitrogens with one attached hydrogen (secondary N) is 1. The molecule has 0 radical (unpaired) electrons. The van der Waals surface area contributed by atoms with E-state index in [9.17, 15) is 4.79 Å². The van der Waals surface area contributed by atoms with Crippen molar-refractivity contribution in [3.8, 4) is 5.69 Å². The summed E-state index contributed by atoms with van der Waals surface area (Å²) in [5, 5.41) is 8.33. The van der Waals surface area contributed by atoms with E-state index in [1.165, 1.54) is 5.56 Å². The molecule has 2 aromatic carbocycles. The van der Waals surface area contributed by atoms with E-state index in [0.717, 1.165) is 48.3 Å². The van der Waals surface area contributed by atoms with Gasteiger partial charge in [0.05, 0.1) is 28.6 Å². The van der Waals surface area contributed by atoms with Gasteiger partial charge in [0.2, 0.25) is 5.91 Å². The molecule has 1 aromatic heterocycles. The first-order chi connectivity index (χ1) is 14.5. The summed E-state index contributed by atoms with van der Waals surface area (Å²) < 4.78 is 1.78. The summed E-state index contributed by atoms with van der Waals surface area (Å²) in [6.07, 6.45) is 0. The van der Waals surface area contributed by atoms with E-state index in [4.69, 9.17) is 11.6 Å². The minimum Gasteiger partial charge on any atom is -0.368 e. The zero-order chi connectivity index (χ0) is 21.1. The van der Waals surface area contributed by atoms with Crippen LogP contribution in [0.2, 0.25) is 5.02 Å². The van der Waals surface area contributed by atoms with Crippen LogP contribution in [0.5, 0.6) is 0 Å². The lowest BCUT2D eigenvalue weighted by molar-refractivity contribution is -0.117. The van der Waals surface area contributed by atoms with Crippen LogP contribution in [-0.2, 0) is 4.79 Å². The van der Waals surface area contributed by atoms with Gasteiger partial charge in [0, 0.05) is 32.2 Å². The van der Waals surface area contributed by atoms with E-state index in [1.54, 1.807) is 4.68 Å². The Morgan fingerprint density at radius 1 is 1.03 bits per heavy atom. The average Bonchev–Trinajstić information content (AvgIpc) is 3.09. The highest BCUT2D eigenvalue weighted by atomic mass is 35.5. The molecule has 1 amide bonds. The van der Waals surface area contributed by atoms with E-state index in [-0.39, 0.29) is 5.91 Å². The maximum atomic E-state index is 12.7. The highest BCUT2D eigenvalue weighted by Crippen LogP contribution is 2.26. The minimum absolute atomic E-state index is 0.0329. The molecular weight excluding hydrogens is 398 g/mol. The average molecular weight is 424 g/mol. The number of carbonyl (C=O) groups is 1. The minimum atomic E-state index is -0.0329. The summed E-state index contributed by atoms with van der Waals surface area (Å²) in [6.45, 7) is 7.65. The molecule has 3 aromatic rings. The van der Waals surface area contributed by atoms with Gasteiger partial charge < -0.3 is 10.2 Å². The van der Waals surface area contributed by atoms with Crippen LogP contribution in [-0.4, -0.2) is 53.3 Å². The van der Waals surface area contributed by atoms with Crippen LogP contribution >= 0.6 is 11.6 Å². The largest absolute Gasteiger partial charge is 0.368 e. The number of carbonyl (C=O) groups excluding carboxylic acids is 1. The van der Waals surface area contributed by atoms with Gasteiger partial charge in [-0.25, -0.2) is 4.68 Å². The highest BCUT2D eigenvalue weighted by Gasteiger charge is 2.21. The van der Waals surface area contributed by atoms with Gasteiger partial charge in [-0.1, -0.05) is 41.4 Å². The summed E-state index contributed by atoms with van der Waals surface area (Å²) in [6, 6.07) is 17.9. The van der Waals surface area contributed by atoms with Crippen molar-refractivity contribution >= 4 is 29.0 Å². The number of benzene rings is 2. The van der Waals surface area contributed by atoms with Crippen molar-refractivity contribution in [2.75, 3.05) is 42.9 Å². The van der Waals surface area contributed by atoms with Crippen molar-refractivity contribution in [3.63, 3.8) is 0 Å². The standard InChI is InChI=1S/C23H26ClN5O/c1-17-7-9-19(10-8-17)29-22(15-18(2)26-29)25-23(30)16-27-11-13-28(14-12-27)21-6-4-3-5-20(21)24/h3-10,15H,11-14,16H2,1-2H3,(H,25,30). The van der Waals surface area contributed by atoms with Crippen molar-refractivity contribution in [2.45, 2.75) is 13.8 Å². The third kappa shape index (κ3) is 4.66. The number of aromatic nitrogens is 2. The molecule has 6 nitrogen and oxygen atoms in total. The molecular formula is C23H26ClN5O. The predicted octanol–water partition coefficient (Wildman–Crippen LogP) is 3.90. The third-order valence-electron chi connectivity index (χ3n) is 5.31. The van der Waals surface area contributed by atoms with Crippen molar-refractivity contribution < 1.29 is 4.79 Å². The lowest BCUT2D eigenvalue weighted by atomic mass is 10.2. The normalized spacial score (nSPS) is 14.7. The van der Waals surface area contributed by atoms with Crippen LogP contribution in [0.15, 0.2) is 54.6 Å². The zero-order valence-electron chi connectivity index (χ0n) is 17.3. The number of piperazine rings is 1. The fourth-order valence-corrected chi connectivity index (χ4v) is 3.97. The SMILES string of the molecule is Cc1ccc(-n2nc(C)cc2NC(=O)CN2CCN(c3ccccc3Cl)CC2)cc1. The lowest BCUT2D eigenvalue weighted by Crippen LogP contribution is -2.48. The summed E-state index contributed by atoms with van der Waals surface area (Å²) in [5.41, 5.74) is 4.03. The van der Waals surface area contributed by atoms with E-state index in [0.29, 0.717) is 12.4 Å². The molecule has 1 aliphatic rings. The molecule has 4 rings (SSSR count). The Balaban J connectivity index is 1.36. The fraction of sp³-hybridized carbons (Fsp3) is 0.304. The molecule has 156 valence electrons. The molecule has 0 atom stereocenters. The lowest BCUT2D eigenvalue weighted by Gasteiger charge is -2.36. The van der Waals surface area contributed by atoms with Gasteiger partial charge in [-0.15, -0.1) is 0 Å². The zero-order valence-corrected chi connectivity index (χ0v) is 18.1. The van der Waals surface area contributed by atoms with Crippen LogP contribution in [0.3, 0.4) is 0 Å². The van der Waals surface area contributed by atoms with E-state index in [1.807, 2.05) is 68.4 Å². The second-order valence-electron chi connectivity index (χ2n) is 7.68. The van der Waals surface area contributed by atoms with Crippen LogP contribution in [0.4, 0.5) is 11.5 Å². The summed E-state index contributed by atoms with van der Waals surface area (Å²) in [7, 11) is 0. The fourth-order valence-electron chi connectivity index (χ4n) is 3.71. The first-order valence-corrected chi connectivity index (χ1v) is 10.5. The molecule has 1 saturated heterocycles. The summed E-state index contributed by atoms with van der Waals surface area (Å²) >= 11 is 6.32. The Morgan fingerprint density at radius 2 is 1.73 bits per heavy atom. The topological polar surface area (TPSA) is 53.4 Å². The number of halogens is 1. The number of hydrogen-bond acceptors (Lipinski definition) is 4. The van der Waals surface area contributed by atoms with Gasteiger partial charge >= 0.3 is 0 Å². The molecule has 1 N–H and O–H groups in total. The molecule has 30 heavy (non-hydrogen) atoms. The molecule has 2 heterocycles. The van der Waals surface area contributed by atoms with Crippen LogP contribution in [0, 0.1) is 13.8 Å². The van der Waals surface area contributed by atoms with Crippen molar-refractivity contribution in [1.82, 2.24) is 14.7 Å². The molecule has 1 aliphatic heterocycles. The molecule has 0 spiro atoms. The second kappa shape index (κ2) is 8.90. The third-order valence-corrected chi connectivity index (χ3v) is 5.63. The van der Waals surface area contributed by atoms with Crippen molar-refractivity contribution in [1.29, 1.82) is 0 Å². The maximum absolute atomic E-state index is 12.7. The first kappa shape index (κ1) is 20.4. The van der Waals surface area contributed by atoms with Gasteiger partial charge in [-0.05, 0) is 38.1 Å². The van der Waals surface area contributed by atoms with Crippen LogP contribution < -0.4 is 10.2 Å². The maximum Gasteiger partial charge on any atom is 0.239 e. The quantitative estimate of drug-likeness (QED) is 0.676. The van der Waals surface area contributed by atoms with Gasteiger partial charge in [0.1, 0.15) is 5.82 Å². The van der Waals surface area contributed by atoms with Gasteiger partial charge in [-0.3, -0.25) is 9.69 Å². The number of amides is 1. The Labute approximate surface area is 182 Å². The Bertz CT molecular complexity index is 1020. The smallest absolute Gasteiger partial charge is 0.239 e. The molecule has 0 bridgehead atoms. The first-order valence-electron chi connectivity index (χ1n) is 10.1. The molecule has 0 unspecified atom stereocenters. The van der Waals surface area contributed by atoms with Crippen LogP contribution in [0.25, 0.3) is 5.69 Å². The van der Waals surface area contributed by atoms with E-state index < -0.39 is 0 Å². The highest BCUT2D eigenvalue weighted by molar-refractivity contribution is 6.33. The van der Waals surface area contributed by atoms with Gasteiger partial charge in [-0.2, -0.15) is 5.10 Å². The number of rotatable bonds is 5. The molecule has 0 aliphatic carbocycles. The number of nitrogens with zero attached hydrogens (tertiary/aromatic N) is 4. The van der Waals surface area contributed by atoms with Gasteiger partial charge in [0.25, 0.3) is 0 Å². The number of anilines is 2. The number of para-hydroxylation sites is 1. The van der Waals surface area contributed by atoms with Crippen molar-refractivity contribution in [3.05, 3.63) is 70.9 Å². The Kier molecular flexibility index (Phi) is 6.06. The monoisotopic (exact) mass is 423 g/mol. The van der Waals surface area contributed by atoms with E-state index in [2.05, 4.69) is 20.2 Å². The summed E-state index contributed by atoms with van der Waals surface area (Å²) in [5.74, 6) is 0.658. The molecule has 1 fully saturated rings. The number of aryl methyl sites for hydroxylation is 2. The Hall–Kier alpha value is -2.83. The Morgan fingerprint density at radius 3 is 2.43 bits per heavy atom. The van der Waals surface area contributed by atoms with Gasteiger partial charge in [0.15, 0.2) is 0 Å². The predicted molar refractivity (Wildman–Crippen MR) is 122 cm³/mol.